The zero-order chi connectivity index (χ0) is 14.5. The number of para-hydroxylation sites is 1. The molecule has 0 amide bonds. The van der Waals surface area contributed by atoms with E-state index in [1.54, 1.807) is 13.3 Å². The lowest BCUT2D eigenvalue weighted by Gasteiger charge is -2.29. The summed E-state index contributed by atoms with van der Waals surface area (Å²) in [7, 11) is 1.68. The second-order valence-electron chi connectivity index (χ2n) is 4.95. The van der Waals surface area contributed by atoms with Gasteiger partial charge in [-0.1, -0.05) is 18.2 Å². The van der Waals surface area contributed by atoms with E-state index in [1.165, 1.54) is 11.3 Å². The van der Waals surface area contributed by atoms with Crippen LogP contribution in [0.15, 0.2) is 30.5 Å². The summed E-state index contributed by atoms with van der Waals surface area (Å²) in [5.74, 6) is 1.37. The molecule has 0 bridgehead atoms. The van der Waals surface area contributed by atoms with Crippen LogP contribution in [0.4, 0.5) is 17.5 Å². The van der Waals surface area contributed by atoms with Gasteiger partial charge in [0.2, 0.25) is 0 Å². The van der Waals surface area contributed by atoms with Gasteiger partial charge in [-0.05, 0) is 24.5 Å². The molecule has 2 aromatic rings. The van der Waals surface area contributed by atoms with Gasteiger partial charge in [-0.15, -0.1) is 5.10 Å². The van der Waals surface area contributed by atoms with Crippen LogP contribution in [-0.4, -0.2) is 42.0 Å². The van der Waals surface area contributed by atoms with Gasteiger partial charge in [-0.25, -0.2) is 0 Å². The Bertz CT molecular complexity index is 604. The first-order chi connectivity index (χ1) is 10.4. The van der Waals surface area contributed by atoms with Crippen LogP contribution in [0.1, 0.15) is 12.0 Å². The first-order valence-electron chi connectivity index (χ1n) is 7.16. The Balaban J connectivity index is 1.83. The van der Waals surface area contributed by atoms with Crippen molar-refractivity contribution < 1.29 is 4.74 Å². The Labute approximate surface area is 124 Å². The highest BCUT2D eigenvalue weighted by molar-refractivity contribution is 5.63. The molecule has 21 heavy (non-hydrogen) atoms. The highest BCUT2D eigenvalue weighted by Crippen LogP contribution is 2.31. The second-order valence-corrected chi connectivity index (χ2v) is 4.95. The number of aromatic nitrogens is 3. The lowest BCUT2D eigenvalue weighted by Crippen LogP contribution is -2.26. The number of rotatable bonds is 5. The Morgan fingerprint density at radius 2 is 2.24 bits per heavy atom. The number of anilines is 3. The maximum absolute atomic E-state index is 5.02. The van der Waals surface area contributed by atoms with E-state index in [2.05, 4.69) is 43.6 Å². The number of benzene rings is 1. The van der Waals surface area contributed by atoms with Gasteiger partial charge in [0.1, 0.15) is 0 Å². The number of hydrogen-bond acceptors (Lipinski definition) is 6. The van der Waals surface area contributed by atoms with Gasteiger partial charge in [0.05, 0.1) is 12.8 Å². The molecule has 0 radical (unpaired) electrons. The normalized spacial score (nSPS) is 13.9. The van der Waals surface area contributed by atoms with Crippen LogP contribution in [0.3, 0.4) is 0 Å². The summed E-state index contributed by atoms with van der Waals surface area (Å²) in [5.41, 5.74) is 2.52. The Hall–Kier alpha value is -2.21. The van der Waals surface area contributed by atoms with Gasteiger partial charge in [0, 0.05) is 25.9 Å². The summed E-state index contributed by atoms with van der Waals surface area (Å²) in [4.78, 5) is 6.69. The molecule has 3 rings (SSSR count). The molecular formula is C15H19N5O. The van der Waals surface area contributed by atoms with Crippen molar-refractivity contribution in [2.75, 3.05) is 37.0 Å². The van der Waals surface area contributed by atoms with Gasteiger partial charge in [0.25, 0.3) is 5.95 Å². The molecule has 2 heterocycles. The Morgan fingerprint density at radius 3 is 3.14 bits per heavy atom. The molecule has 0 atom stereocenters. The van der Waals surface area contributed by atoms with Crippen LogP contribution >= 0.6 is 0 Å². The highest BCUT2D eigenvalue weighted by Gasteiger charge is 2.20. The average Bonchev–Trinajstić information content (AvgIpc) is 2.55. The van der Waals surface area contributed by atoms with Crippen molar-refractivity contribution in [2.45, 2.75) is 12.8 Å². The summed E-state index contributed by atoms with van der Waals surface area (Å²) < 4.78 is 5.02. The lowest BCUT2D eigenvalue weighted by molar-refractivity contribution is 0.210. The maximum atomic E-state index is 5.02. The third-order valence-corrected chi connectivity index (χ3v) is 3.51. The third-order valence-electron chi connectivity index (χ3n) is 3.51. The average molecular weight is 285 g/mol. The molecule has 1 aliphatic rings. The van der Waals surface area contributed by atoms with E-state index in [-0.39, 0.29) is 0 Å². The predicted molar refractivity (Wildman–Crippen MR) is 82.0 cm³/mol. The monoisotopic (exact) mass is 285 g/mol. The molecule has 0 unspecified atom stereocenters. The first-order valence-corrected chi connectivity index (χ1v) is 7.16. The summed E-state index contributed by atoms with van der Waals surface area (Å²) in [6, 6.07) is 8.40. The van der Waals surface area contributed by atoms with Crippen molar-refractivity contribution in [3.05, 3.63) is 36.0 Å². The van der Waals surface area contributed by atoms with Gasteiger partial charge >= 0.3 is 0 Å². The number of methoxy groups -OCH3 is 1. The molecule has 6 nitrogen and oxygen atoms in total. The molecule has 6 heteroatoms. The second kappa shape index (κ2) is 6.49. The van der Waals surface area contributed by atoms with E-state index in [9.17, 15) is 0 Å². The number of fused-ring (bicyclic) bond motifs is 1. The van der Waals surface area contributed by atoms with E-state index < -0.39 is 0 Å². The minimum absolute atomic E-state index is 0.631. The molecule has 0 spiro atoms. The van der Waals surface area contributed by atoms with E-state index in [4.69, 9.17) is 4.74 Å². The lowest BCUT2D eigenvalue weighted by atomic mass is 10.0. The first kappa shape index (κ1) is 13.8. The van der Waals surface area contributed by atoms with E-state index in [0.29, 0.717) is 19.1 Å². The molecule has 1 aliphatic heterocycles. The number of ether oxygens (including phenoxy) is 1. The zero-order valence-electron chi connectivity index (χ0n) is 12.1. The summed E-state index contributed by atoms with van der Waals surface area (Å²) >= 11 is 0. The Morgan fingerprint density at radius 1 is 1.33 bits per heavy atom. The summed E-state index contributed by atoms with van der Waals surface area (Å²) in [5, 5.41) is 11.4. The van der Waals surface area contributed by atoms with Gasteiger partial charge < -0.3 is 15.0 Å². The third kappa shape index (κ3) is 3.11. The summed E-state index contributed by atoms with van der Waals surface area (Å²) in [6.07, 6.45) is 3.84. The van der Waals surface area contributed by atoms with Crippen molar-refractivity contribution in [2.24, 2.45) is 0 Å². The fourth-order valence-electron chi connectivity index (χ4n) is 2.52. The van der Waals surface area contributed by atoms with Crippen molar-refractivity contribution in [1.82, 2.24) is 15.2 Å². The molecule has 1 aromatic carbocycles. The number of hydrogen-bond donors (Lipinski definition) is 1. The van der Waals surface area contributed by atoms with Crippen LogP contribution in [0.25, 0.3) is 0 Å². The fraction of sp³-hybridized carbons (Fsp3) is 0.400. The van der Waals surface area contributed by atoms with Crippen LogP contribution in [-0.2, 0) is 11.2 Å². The molecule has 110 valence electrons. The quantitative estimate of drug-likeness (QED) is 0.848. The number of nitrogens with one attached hydrogen (secondary N) is 1. The van der Waals surface area contributed by atoms with Crippen LogP contribution in [0, 0.1) is 0 Å². The van der Waals surface area contributed by atoms with Crippen LogP contribution in [0.5, 0.6) is 0 Å². The largest absolute Gasteiger partial charge is 0.383 e. The molecule has 0 aliphatic carbocycles. The van der Waals surface area contributed by atoms with Crippen molar-refractivity contribution in [3.63, 3.8) is 0 Å². The molecule has 0 fully saturated rings. The van der Waals surface area contributed by atoms with Gasteiger partial charge in [-0.2, -0.15) is 10.1 Å². The molecule has 1 N–H and O–H groups in total. The molecule has 0 saturated heterocycles. The Kier molecular flexibility index (Phi) is 4.25. The smallest absolute Gasteiger partial charge is 0.251 e. The van der Waals surface area contributed by atoms with Crippen LogP contribution in [0.2, 0.25) is 0 Å². The van der Waals surface area contributed by atoms with E-state index in [1.807, 2.05) is 6.07 Å². The maximum Gasteiger partial charge on any atom is 0.251 e. The van der Waals surface area contributed by atoms with Gasteiger partial charge in [-0.3, -0.25) is 0 Å². The van der Waals surface area contributed by atoms with Crippen molar-refractivity contribution >= 4 is 17.5 Å². The number of aryl methyl sites for hydroxylation is 1. The molecule has 1 aromatic heterocycles. The topological polar surface area (TPSA) is 63.2 Å². The minimum atomic E-state index is 0.631. The molecular weight excluding hydrogens is 266 g/mol. The van der Waals surface area contributed by atoms with Crippen molar-refractivity contribution in [1.29, 1.82) is 0 Å². The SMILES string of the molecule is COCCNc1cnnc(N2CCCc3ccccc32)n1. The minimum Gasteiger partial charge on any atom is -0.383 e. The number of nitrogens with zero attached hydrogens (tertiary/aromatic N) is 4. The molecule has 0 saturated carbocycles. The standard InChI is InChI=1S/C15H19N5O/c1-21-10-8-16-14-11-17-19-15(18-14)20-9-4-6-12-5-2-3-7-13(12)20/h2-3,5,7,11H,4,6,8-10H2,1H3,(H,16,18,19). The van der Waals surface area contributed by atoms with Crippen molar-refractivity contribution in [3.8, 4) is 0 Å². The van der Waals surface area contributed by atoms with E-state index >= 15 is 0 Å². The fourth-order valence-corrected chi connectivity index (χ4v) is 2.52. The predicted octanol–water partition coefficient (Wildman–Crippen LogP) is 2.01. The zero-order valence-corrected chi connectivity index (χ0v) is 12.1. The van der Waals surface area contributed by atoms with Gasteiger partial charge in [0.15, 0.2) is 5.82 Å². The highest BCUT2D eigenvalue weighted by atomic mass is 16.5. The van der Waals surface area contributed by atoms with Crippen LogP contribution < -0.4 is 10.2 Å². The van der Waals surface area contributed by atoms with E-state index in [0.717, 1.165) is 25.2 Å². The summed E-state index contributed by atoms with van der Waals surface area (Å²) in [6.45, 7) is 2.25.